The van der Waals surface area contributed by atoms with Gasteiger partial charge in [0, 0.05) is 17.7 Å². The third kappa shape index (κ3) is 3.63. The van der Waals surface area contributed by atoms with Gasteiger partial charge in [-0.3, -0.25) is 9.59 Å². The highest BCUT2D eigenvalue weighted by molar-refractivity contribution is 5.94. The van der Waals surface area contributed by atoms with Crippen LogP contribution in [0.3, 0.4) is 0 Å². The monoisotopic (exact) mass is 365 g/mol. The molecule has 0 bridgehead atoms. The number of benzene rings is 2. The third-order valence-electron chi connectivity index (χ3n) is 5.11. The first kappa shape index (κ1) is 17.5. The number of carbonyl (C=O) groups excluding carboxylic acids is 1. The molecule has 1 fully saturated rings. The topological polar surface area (TPSA) is 59.3 Å². The lowest BCUT2D eigenvalue weighted by molar-refractivity contribution is -0.120. The zero-order valence-electron chi connectivity index (χ0n) is 14.8. The maximum atomic E-state index is 14.0. The Morgan fingerprint density at radius 2 is 1.81 bits per heavy atom. The standard InChI is InChI=1S/C22H20FNO3/c23-18-9-5-4-8-16(18)21-13-19(25)17-12-15(10-11-20(17)27-21)24-22(26)14-6-2-1-3-7-14/h4-5,8-14H,1-3,6-7H2,(H,24,26). The average molecular weight is 365 g/mol. The van der Waals surface area contributed by atoms with Gasteiger partial charge >= 0.3 is 0 Å². The summed E-state index contributed by atoms with van der Waals surface area (Å²) in [6.07, 6.45) is 5.17. The summed E-state index contributed by atoms with van der Waals surface area (Å²) in [6.45, 7) is 0. The summed E-state index contributed by atoms with van der Waals surface area (Å²) in [6, 6.07) is 12.4. The van der Waals surface area contributed by atoms with Crippen LogP contribution in [-0.2, 0) is 4.79 Å². The van der Waals surface area contributed by atoms with E-state index in [1.807, 2.05) is 0 Å². The van der Waals surface area contributed by atoms with Crippen molar-refractivity contribution in [3.05, 3.63) is 64.6 Å². The van der Waals surface area contributed by atoms with Crippen molar-refractivity contribution < 1.29 is 13.6 Å². The molecule has 0 aliphatic heterocycles. The van der Waals surface area contributed by atoms with Gasteiger partial charge in [-0.05, 0) is 43.2 Å². The minimum absolute atomic E-state index is 0.00131. The first-order valence-corrected chi connectivity index (χ1v) is 9.25. The molecule has 4 nitrogen and oxygen atoms in total. The molecule has 3 aromatic rings. The molecule has 1 aliphatic rings. The minimum atomic E-state index is -0.448. The molecule has 2 aromatic carbocycles. The molecule has 0 unspecified atom stereocenters. The fraction of sp³-hybridized carbons (Fsp3) is 0.273. The largest absolute Gasteiger partial charge is 0.456 e. The Balaban J connectivity index is 1.64. The summed E-state index contributed by atoms with van der Waals surface area (Å²) < 4.78 is 19.7. The number of halogens is 1. The Bertz CT molecular complexity index is 1050. The number of nitrogens with one attached hydrogen (secondary N) is 1. The van der Waals surface area contributed by atoms with Crippen molar-refractivity contribution in [1.82, 2.24) is 0 Å². The molecule has 1 N–H and O–H groups in total. The lowest BCUT2D eigenvalue weighted by Crippen LogP contribution is -2.24. The number of fused-ring (bicyclic) bond motifs is 1. The molecule has 5 heteroatoms. The van der Waals surface area contributed by atoms with E-state index in [0.29, 0.717) is 16.7 Å². The first-order valence-electron chi connectivity index (χ1n) is 9.25. The van der Waals surface area contributed by atoms with Crippen LogP contribution in [0, 0.1) is 11.7 Å². The molecule has 1 aromatic heterocycles. The molecule has 1 amide bonds. The summed E-state index contributed by atoms with van der Waals surface area (Å²) in [7, 11) is 0. The molecule has 138 valence electrons. The van der Waals surface area contributed by atoms with Crippen molar-refractivity contribution in [1.29, 1.82) is 0 Å². The molecular formula is C22H20FNO3. The summed E-state index contributed by atoms with van der Waals surface area (Å²) >= 11 is 0. The quantitative estimate of drug-likeness (QED) is 0.701. The van der Waals surface area contributed by atoms with Crippen LogP contribution >= 0.6 is 0 Å². The Morgan fingerprint density at radius 1 is 1.04 bits per heavy atom. The number of amides is 1. The lowest BCUT2D eigenvalue weighted by atomic mass is 9.88. The highest BCUT2D eigenvalue weighted by Gasteiger charge is 2.21. The van der Waals surface area contributed by atoms with Crippen LogP contribution in [0.4, 0.5) is 10.1 Å². The third-order valence-corrected chi connectivity index (χ3v) is 5.11. The van der Waals surface area contributed by atoms with E-state index in [0.717, 1.165) is 25.7 Å². The van der Waals surface area contributed by atoms with Gasteiger partial charge in [-0.2, -0.15) is 0 Å². The van der Waals surface area contributed by atoms with Crippen LogP contribution in [0.1, 0.15) is 32.1 Å². The van der Waals surface area contributed by atoms with Crippen LogP contribution in [0.25, 0.3) is 22.3 Å². The normalized spacial score (nSPS) is 15.0. The van der Waals surface area contributed by atoms with Crippen molar-refractivity contribution in [2.24, 2.45) is 5.92 Å². The van der Waals surface area contributed by atoms with Crippen molar-refractivity contribution in [3.63, 3.8) is 0 Å². The van der Waals surface area contributed by atoms with Crippen LogP contribution in [0.15, 0.2) is 57.7 Å². The molecular weight excluding hydrogens is 345 g/mol. The van der Waals surface area contributed by atoms with Gasteiger partial charge in [-0.25, -0.2) is 4.39 Å². The number of carbonyl (C=O) groups is 1. The second-order valence-corrected chi connectivity index (χ2v) is 6.99. The highest BCUT2D eigenvalue weighted by atomic mass is 19.1. The molecule has 0 spiro atoms. The molecule has 1 heterocycles. The van der Waals surface area contributed by atoms with Crippen LogP contribution in [0.5, 0.6) is 0 Å². The van der Waals surface area contributed by atoms with E-state index < -0.39 is 5.82 Å². The predicted octanol–water partition coefficient (Wildman–Crippen LogP) is 5.12. The lowest BCUT2D eigenvalue weighted by Gasteiger charge is -2.20. The zero-order valence-corrected chi connectivity index (χ0v) is 14.8. The smallest absolute Gasteiger partial charge is 0.227 e. The molecule has 4 rings (SSSR count). The van der Waals surface area contributed by atoms with E-state index in [2.05, 4.69) is 5.32 Å². The number of anilines is 1. The van der Waals surface area contributed by atoms with Gasteiger partial charge in [0.2, 0.25) is 5.91 Å². The van der Waals surface area contributed by atoms with Crippen LogP contribution < -0.4 is 10.7 Å². The van der Waals surface area contributed by atoms with Crippen molar-refractivity contribution in [2.75, 3.05) is 5.32 Å². The highest BCUT2D eigenvalue weighted by Crippen LogP contribution is 2.27. The Kier molecular flexibility index (Phi) is 4.75. The fourth-order valence-electron chi connectivity index (χ4n) is 3.64. The van der Waals surface area contributed by atoms with E-state index in [9.17, 15) is 14.0 Å². The van der Waals surface area contributed by atoms with Gasteiger partial charge < -0.3 is 9.73 Å². The van der Waals surface area contributed by atoms with Crippen molar-refractivity contribution in [2.45, 2.75) is 32.1 Å². The second kappa shape index (κ2) is 7.35. The first-order chi connectivity index (χ1) is 13.1. The summed E-state index contributed by atoms with van der Waals surface area (Å²) in [4.78, 5) is 24.9. The molecule has 0 atom stereocenters. The van der Waals surface area contributed by atoms with Crippen molar-refractivity contribution in [3.8, 4) is 11.3 Å². The van der Waals surface area contributed by atoms with E-state index >= 15 is 0 Å². The maximum absolute atomic E-state index is 14.0. The molecule has 27 heavy (non-hydrogen) atoms. The van der Waals surface area contributed by atoms with E-state index in [4.69, 9.17) is 4.42 Å². The number of rotatable bonds is 3. The van der Waals surface area contributed by atoms with E-state index in [-0.39, 0.29) is 28.6 Å². The average Bonchev–Trinajstić information content (AvgIpc) is 2.69. The Hall–Kier alpha value is -2.95. The Morgan fingerprint density at radius 3 is 2.59 bits per heavy atom. The summed E-state index contributed by atoms with van der Waals surface area (Å²) in [5, 5.41) is 3.26. The summed E-state index contributed by atoms with van der Waals surface area (Å²) in [5.74, 6) is -0.225. The van der Waals surface area contributed by atoms with Gasteiger partial charge in [0.25, 0.3) is 0 Å². The van der Waals surface area contributed by atoms with Crippen molar-refractivity contribution >= 4 is 22.6 Å². The Labute approximate surface area is 156 Å². The van der Waals surface area contributed by atoms with Crippen LogP contribution in [0.2, 0.25) is 0 Å². The van der Waals surface area contributed by atoms with E-state index in [1.54, 1.807) is 36.4 Å². The van der Waals surface area contributed by atoms with Gasteiger partial charge in [0.15, 0.2) is 5.43 Å². The zero-order chi connectivity index (χ0) is 18.8. The maximum Gasteiger partial charge on any atom is 0.227 e. The molecule has 0 saturated heterocycles. The van der Waals surface area contributed by atoms with E-state index in [1.165, 1.54) is 18.6 Å². The minimum Gasteiger partial charge on any atom is -0.456 e. The van der Waals surface area contributed by atoms with Gasteiger partial charge in [0.1, 0.15) is 17.2 Å². The number of hydrogen-bond acceptors (Lipinski definition) is 3. The second-order valence-electron chi connectivity index (χ2n) is 6.99. The summed E-state index contributed by atoms with van der Waals surface area (Å²) in [5.41, 5.74) is 0.898. The molecule has 0 radical (unpaired) electrons. The van der Waals surface area contributed by atoms with Gasteiger partial charge in [0.05, 0.1) is 10.9 Å². The molecule has 1 aliphatic carbocycles. The van der Waals surface area contributed by atoms with Gasteiger partial charge in [-0.1, -0.05) is 31.4 Å². The SMILES string of the molecule is O=C(Nc1ccc2oc(-c3ccccc3F)cc(=O)c2c1)C1CCCCC1. The number of hydrogen-bond donors (Lipinski definition) is 1. The molecule has 1 saturated carbocycles. The van der Waals surface area contributed by atoms with Gasteiger partial charge in [-0.15, -0.1) is 0 Å². The predicted molar refractivity (Wildman–Crippen MR) is 103 cm³/mol. The van der Waals surface area contributed by atoms with Crippen LogP contribution in [-0.4, -0.2) is 5.91 Å². The fourth-order valence-corrected chi connectivity index (χ4v) is 3.64.